The fourth-order valence-electron chi connectivity index (χ4n) is 3.05. The first-order chi connectivity index (χ1) is 7.80. The van der Waals surface area contributed by atoms with Crippen molar-refractivity contribution in [3.63, 3.8) is 0 Å². The van der Waals surface area contributed by atoms with Gasteiger partial charge in [0.05, 0.1) is 0 Å². The van der Waals surface area contributed by atoms with Crippen LogP contribution in [0.5, 0.6) is 0 Å². The van der Waals surface area contributed by atoms with Crippen molar-refractivity contribution in [3.05, 3.63) is 40.4 Å². The lowest BCUT2D eigenvalue weighted by molar-refractivity contribution is 0.312. The van der Waals surface area contributed by atoms with Gasteiger partial charge in [-0.1, -0.05) is 29.8 Å². The normalized spacial score (nSPS) is 28.1. The van der Waals surface area contributed by atoms with E-state index in [9.17, 15) is 0 Å². The summed E-state index contributed by atoms with van der Waals surface area (Å²) in [5.41, 5.74) is 3.11. The molecule has 0 saturated carbocycles. The zero-order chi connectivity index (χ0) is 11.0. The summed E-state index contributed by atoms with van der Waals surface area (Å²) in [5.74, 6) is 0. The molecule has 1 aromatic carbocycles. The lowest BCUT2D eigenvalue weighted by Gasteiger charge is -2.40. The molecule has 1 N–H and O–H groups in total. The number of hydrogen-bond acceptors (Lipinski definition) is 1. The van der Waals surface area contributed by atoms with Crippen LogP contribution < -0.4 is 5.32 Å². The van der Waals surface area contributed by atoms with Crippen LogP contribution in [0.1, 0.15) is 30.4 Å². The highest BCUT2D eigenvalue weighted by molar-refractivity contribution is 6.30. The smallest absolute Gasteiger partial charge is 0.0412 e. The molecule has 1 heterocycles. The molecule has 1 unspecified atom stereocenters. The number of nitrogens with one attached hydrogen (secondary N) is 1. The molecule has 0 radical (unpaired) electrons. The summed E-state index contributed by atoms with van der Waals surface area (Å²) in [6.07, 6.45) is 8.23. The summed E-state index contributed by atoms with van der Waals surface area (Å²) >= 11 is 6.05. The lowest BCUT2D eigenvalue weighted by Crippen LogP contribution is -2.44. The van der Waals surface area contributed by atoms with E-state index in [1.165, 1.54) is 24.0 Å². The quantitative estimate of drug-likeness (QED) is 0.725. The maximum atomic E-state index is 6.05. The van der Waals surface area contributed by atoms with Crippen LogP contribution >= 0.6 is 11.6 Å². The van der Waals surface area contributed by atoms with Crippen LogP contribution in [-0.4, -0.2) is 13.1 Å². The second-order valence-electron chi connectivity index (χ2n) is 4.90. The van der Waals surface area contributed by atoms with Gasteiger partial charge in [-0.25, -0.2) is 0 Å². The third-order valence-corrected chi connectivity index (χ3v) is 4.10. The molecular weight excluding hydrogens is 218 g/mol. The van der Waals surface area contributed by atoms with Crippen LogP contribution in [-0.2, 0) is 5.41 Å². The van der Waals surface area contributed by atoms with E-state index in [0.29, 0.717) is 5.41 Å². The summed E-state index contributed by atoms with van der Waals surface area (Å²) in [6.45, 7) is 2.26. The maximum Gasteiger partial charge on any atom is 0.0412 e. The van der Waals surface area contributed by atoms with E-state index in [2.05, 4.69) is 29.6 Å². The average Bonchev–Trinajstić information content (AvgIpc) is 2.30. The van der Waals surface area contributed by atoms with E-state index in [4.69, 9.17) is 11.6 Å². The molecule has 0 bridgehead atoms. The second kappa shape index (κ2) is 3.90. The van der Waals surface area contributed by atoms with Gasteiger partial charge in [-0.05, 0) is 49.1 Å². The van der Waals surface area contributed by atoms with Crippen LogP contribution in [0.2, 0.25) is 5.02 Å². The molecular formula is C14H16ClN. The van der Waals surface area contributed by atoms with E-state index in [0.717, 1.165) is 24.5 Å². The van der Waals surface area contributed by atoms with Crippen molar-refractivity contribution in [3.8, 4) is 0 Å². The van der Waals surface area contributed by atoms with Crippen LogP contribution in [0.4, 0.5) is 0 Å². The molecule has 16 heavy (non-hydrogen) atoms. The minimum Gasteiger partial charge on any atom is -0.316 e. The minimum atomic E-state index is 0.326. The van der Waals surface area contributed by atoms with Crippen LogP contribution in [0, 0.1) is 0 Å². The Morgan fingerprint density at radius 2 is 2.25 bits per heavy atom. The molecule has 84 valence electrons. The third-order valence-electron chi connectivity index (χ3n) is 3.86. The fourth-order valence-corrected chi connectivity index (χ4v) is 3.23. The van der Waals surface area contributed by atoms with Gasteiger partial charge in [-0.2, -0.15) is 0 Å². The summed E-state index contributed by atoms with van der Waals surface area (Å²) < 4.78 is 0. The Balaban J connectivity index is 2.08. The Kier molecular flexibility index (Phi) is 2.53. The van der Waals surface area contributed by atoms with E-state index in [-0.39, 0.29) is 0 Å². The van der Waals surface area contributed by atoms with Crippen molar-refractivity contribution < 1.29 is 0 Å². The van der Waals surface area contributed by atoms with Crippen molar-refractivity contribution in [1.82, 2.24) is 5.32 Å². The fraction of sp³-hybridized carbons (Fsp3) is 0.429. The highest BCUT2D eigenvalue weighted by Gasteiger charge is 2.35. The zero-order valence-electron chi connectivity index (χ0n) is 9.30. The minimum absolute atomic E-state index is 0.326. The Morgan fingerprint density at radius 1 is 1.31 bits per heavy atom. The molecule has 1 saturated heterocycles. The highest BCUT2D eigenvalue weighted by Crippen LogP contribution is 2.41. The molecule has 1 nitrogen and oxygen atoms in total. The maximum absolute atomic E-state index is 6.05. The van der Waals surface area contributed by atoms with Crippen molar-refractivity contribution in [2.24, 2.45) is 0 Å². The SMILES string of the molecule is Clc1ccc2c(c1)C=CCC21CCCNC1. The monoisotopic (exact) mass is 233 g/mol. The first-order valence-electron chi connectivity index (χ1n) is 5.98. The number of benzene rings is 1. The van der Waals surface area contributed by atoms with Gasteiger partial charge in [0, 0.05) is 17.0 Å². The van der Waals surface area contributed by atoms with E-state index in [1.807, 2.05) is 6.07 Å². The highest BCUT2D eigenvalue weighted by atomic mass is 35.5. The van der Waals surface area contributed by atoms with E-state index < -0.39 is 0 Å². The Labute approximate surface area is 102 Å². The standard InChI is InChI=1S/C14H16ClN/c15-12-4-5-13-11(9-12)3-1-6-14(13)7-2-8-16-10-14/h1,3-5,9,16H,2,6-8,10H2. The molecule has 1 fully saturated rings. The topological polar surface area (TPSA) is 12.0 Å². The van der Waals surface area contributed by atoms with Crippen molar-refractivity contribution in [2.75, 3.05) is 13.1 Å². The van der Waals surface area contributed by atoms with Gasteiger partial charge >= 0.3 is 0 Å². The van der Waals surface area contributed by atoms with Crippen LogP contribution in [0.3, 0.4) is 0 Å². The van der Waals surface area contributed by atoms with E-state index >= 15 is 0 Å². The van der Waals surface area contributed by atoms with Crippen molar-refractivity contribution >= 4 is 17.7 Å². The Morgan fingerprint density at radius 3 is 3.06 bits per heavy atom. The number of piperidine rings is 1. The largest absolute Gasteiger partial charge is 0.316 e. The molecule has 1 aliphatic carbocycles. The summed E-state index contributed by atoms with van der Waals surface area (Å²) in [5, 5.41) is 4.37. The number of halogens is 1. The van der Waals surface area contributed by atoms with Gasteiger partial charge in [0.15, 0.2) is 0 Å². The number of rotatable bonds is 0. The molecule has 1 aliphatic heterocycles. The van der Waals surface area contributed by atoms with Crippen LogP contribution in [0.15, 0.2) is 24.3 Å². The lowest BCUT2D eigenvalue weighted by atomic mass is 9.68. The van der Waals surface area contributed by atoms with Crippen LogP contribution in [0.25, 0.3) is 6.08 Å². The molecule has 0 amide bonds. The number of hydrogen-bond donors (Lipinski definition) is 1. The van der Waals surface area contributed by atoms with Gasteiger partial charge in [0.2, 0.25) is 0 Å². The van der Waals surface area contributed by atoms with Gasteiger partial charge in [0.1, 0.15) is 0 Å². The molecule has 2 aliphatic rings. The molecule has 3 rings (SSSR count). The van der Waals surface area contributed by atoms with Gasteiger partial charge in [-0.3, -0.25) is 0 Å². The van der Waals surface area contributed by atoms with Gasteiger partial charge in [0.25, 0.3) is 0 Å². The molecule has 0 aromatic heterocycles. The van der Waals surface area contributed by atoms with Gasteiger partial charge < -0.3 is 5.32 Å². The zero-order valence-corrected chi connectivity index (χ0v) is 10.1. The van der Waals surface area contributed by atoms with Crippen molar-refractivity contribution in [1.29, 1.82) is 0 Å². The third kappa shape index (κ3) is 1.59. The van der Waals surface area contributed by atoms with Gasteiger partial charge in [-0.15, -0.1) is 0 Å². The molecule has 1 spiro atoms. The molecule has 1 aromatic rings. The predicted octanol–water partition coefficient (Wildman–Crippen LogP) is 3.38. The predicted molar refractivity (Wildman–Crippen MR) is 68.9 cm³/mol. The van der Waals surface area contributed by atoms with E-state index in [1.54, 1.807) is 0 Å². The molecule has 2 heteroatoms. The molecule has 1 atom stereocenters. The Hall–Kier alpha value is -0.790. The average molecular weight is 234 g/mol. The Bertz CT molecular complexity index is 430. The number of allylic oxidation sites excluding steroid dienone is 1. The summed E-state index contributed by atoms with van der Waals surface area (Å²) in [4.78, 5) is 0. The van der Waals surface area contributed by atoms with Crippen molar-refractivity contribution in [2.45, 2.75) is 24.7 Å². The summed E-state index contributed by atoms with van der Waals surface area (Å²) in [6, 6.07) is 6.33. The number of fused-ring (bicyclic) bond motifs is 2. The second-order valence-corrected chi connectivity index (χ2v) is 5.34. The first kappa shape index (κ1) is 10.4. The first-order valence-corrected chi connectivity index (χ1v) is 6.35. The summed E-state index contributed by atoms with van der Waals surface area (Å²) in [7, 11) is 0.